The van der Waals surface area contributed by atoms with Gasteiger partial charge in [0.25, 0.3) is 0 Å². The lowest BCUT2D eigenvalue weighted by atomic mass is 9.40. The van der Waals surface area contributed by atoms with E-state index in [1.807, 2.05) is 0 Å². The third-order valence-corrected chi connectivity index (χ3v) is 11.8. The maximum atomic E-state index is 10.7. The van der Waals surface area contributed by atoms with Crippen LogP contribution in [-0.4, -0.2) is 35.6 Å². The Labute approximate surface area is 215 Å². The summed E-state index contributed by atoms with van der Waals surface area (Å²) in [7, 11) is 0. The molecule has 0 bridgehead atoms. The van der Waals surface area contributed by atoms with Crippen molar-refractivity contribution in [3.8, 4) is 12.3 Å². The smallest absolute Gasteiger partial charge is 0.107 e. The van der Waals surface area contributed by atoms with Crippen LogP contribution in [0.25, 0.3) is 0 Å². The molecule has 3 nitrogen and oxygen atoms in total. The molecule has 198 valence electrons. The van der Waals surface area contributed by atoms with Crippen LogP contribution in [-0.2, 0) is 4.74 Å². The average Bonchev–Trinajstić information content (AvgIpc) is 2.79. The molecule has 9 atom stereocenters. The molecule has 3 heteroatoms. The summed E-state index contributed by atoms with van der Waals surface area (Å²) in [5, 5.41) is 20.9. The number of allylic oxidation sites excluding steroid dienone is 2. The fourth-order valence-corrected chi connectivity index (χ4v) is 9.91. The zero-order chi connectivity index (χ0) is 25.8. The van der Waals surface area contributed by atoms with E-state index in [-0.39, 0.29) is 46.4 Å². The number of terminal acetylenes is 1. The fraction of sp³-hybridized carbons (Fsp3) is 0.875. The lowest BCUT2D eigenvalue weighted by molar-refractivity contribution is -0.163. The van der Waals surface area contributed by atoms with E-state index in [0.29, 0.717) is 30.3 Å². The summed E-state index contributed by atoms with van der Waals surface area (Å²) >= 11 is 0. The van der Waals surface area contributed by atoms with E-state index in [1.54, 1.807) is 5.57 Å². The maximum absolute atomic E-state index is 10.7. The number of ether oxygens (including phenoxy) is 1. The van der Waals surface area contributed by atoms with Crippen LogP contribution < -0.4 is 0 Å². The molecule has 9 unspecified atom stereocenters. The highest BCUT2D eigenvalue weighted by Gasteiger charge is 2.61. The number of aliphatic hydroxyl groups excluding tert-OH is 2. The van der Waals surface area contributed by atoms with Crippen LogP contribution in [0, 0.1) is 63.6 Å². The maximum Gasteiger partial charge on any atom is 0.107 e. The van der Waals surface area contributed by atoms with E-state index in [2.05, 4.69) is 60.5 Å². The van der Waals surface area contributed by atoms with Gasteiger partial charge in [0.1, 0.15) is 6.61 Å². The quantitative estimate of drug-likeness (QED) is 0.340. The molecule has 0 heterocycles. The van der Waals surface area contributed by atoms with Gasteiger partial charge in [-0.25, -0.2) is 0 Å². The highest BCUT2D eigenvalue weighted by atomic mass is 16.5. The Morgan fingerprint density at radius 1 is 1.06 bits per heavy atom. The predicted molar refractivity (Wildman–Crippen MR) is 144 cm³/mol. The third kappa shape index (κ3) is 4.34. The predicted octanol–water partition coefficient (Wildman–Crippen LogP) is 6.63. The molecule has 0 radical (unpaired) electrons. The van der Waals surface area contributed by atoms with Crippen LogP contribution in [0.3, 0.4) is 0 Å². The number of hydrogen-bond acceptors (Lipinski definition) is 3. The highest BCUT2D eigenvalue weighted by molar-refractivity contribution is 5.27. The topological polar surface area (TPSA) is 49.7 Å². The second kappa shape index (κ2) is 9.49. The second-order valence-corrected chi connectivity index (χ2v) is 14.5. The van der Waals surface area contributed by atoms with Gasteiger partial charge in [0.2, 0.25) is 0 Å². The molecule has 4 rings (SSSR count). The Kier molecular flexibility index (Phi) is 7.38. The first kappa shape index (κ1) is 27.2. The standard InChI is InChI=1S/C32H52O3/c1-9-17-35-28-19-29(3,4)18-25(30(28,5)6)21-11-12-27-31(7,23(21)10-2)15-13-24-22(20-33)26(34)14-16-32(24,27)8/h1,11,22-28,33-34H,10,12-20H2,2-8H3. The van der Waals surface area contributed by atoms with Crippen molar-refractivity contribution in [3.05, 3.63) is 11.6 Å². The molecule has 35 heavy (non-hydrogen) atoms. The molecule has 4 aliphatic carbocycles. The molecular formula is C32H52O3. The Morgan fingerprint density at radius 2 is 1.74 bits per heavy atom. The van der Waals surface area contributed by atoms with E-state index < -0.39 is 0 Å². The fourth-order valence-electron chi connectivity index (χ4n) is 9.91. The Balaban J connectivity index is 1.71. The Bertz CT molecular complexity index is 849. The molecule has 0 aliphatic heterocycles. The van der Waals surface area contributed by atoms with Gasteiger partial charge in [0, 0.05) is 12.5 Å². The minimum absolute atomic E-state index is 0.0379. The van der Waals surface area contributed by atoms with Crippen molar-refractivity contribution >= 4 is 0 Å². The first-order chi connectivity index (χ1) is 16.4. The van der Waals surface area contributed by atoms with Crippen LogP contribution in [0.4, 0.5) is 0 Å². The van der Waals surface area contributed by atoms with E-state index in [1.165, 1.54) is 19.3 Å². The summed E-state index contributed by atoms with van der Waals surface area (Å²) < 4.78 is 6.31. The van der Waals surface area contributed by atoms with Crippen LogP contribution in [0.2, 0.25) is 0 Å². The minimum atomic E-state index is -0.343. The lowest BCUT2D eigenvalue weighted by Crippen LogP contribution is -2.59. The van der Waals surface area contributed by atoms with Gasteiger partial charge in [-0.1, -0.05) is 66.0 Å². The molecule has 0 aromatic carbocycles. The number of hydrogen-bond donors (Lipinski definition) is 2. The Morgan fingerprint density at radius 3 is 2.37 bits per heavy atom. The van der Waals surface area contributed by atoms with Crippen LogP contribution in [0.15, 0.2) is 11.6 Å². The molecule has 0 amide bonds. The SMILES string of the molecule is C#CCOC1CC(C)(C)CC(C2=CCC3C(C)(CCC4C(CO)C(O)CCC43C)C2CC)C1(C)C. The summed E-state index contributed by atoms with van der Waals surface area (Å²) in [6, 6.07) is 0. The molecule has 4 aliphatic rings. The van der Waals surface area contributed by atoms with Gasteiger partial charge in [-0.3, -0.25) is 0 Å². The van der Waals surface area contributed by atoms with Gasteiger partial charge in [0.15, 0.2) is 0 Å². The molecule has 0 spiro atoms. The lowest BCUT2D eigenvalue weighted by Gasteiger charge is -2.65. The average molecular weight is 485 g/mol. The summed E-state index contributed by atoms with van der Waals surface area (Å²) in [5.41, 5.74) is 2.42. The first-order valence-electron chi connectivity index (χ1n) is 14.4. The van der Waals surface area contributed by atoms with E-state index in [4.69, 9.17) is 11.2 Å². The van der Waals surface area contributed by atoms with Crippen molar-refractivity contribution in [2.45, 2.75) is 112 Å². The van der Waals surface area contributed by atoms with Crippen molar-refractivity contribution in [3.63, 3.8) is 0 Å². The summed E-state index contributed by atoms with van der Waals surface area (Å²) in [6.45, 7) is 17.7. The van der Waals surface area contributed by atoms with E-state index in [0.717, 1.165) is 32.1 Å². The zero-order valence-electron chi connectivity index (χ0n) is 23.6. The molecule has 2 N–H and O–H groups in total. The molecule has 0 aromatic rings. The van der Waals surface area contributed by atoms with Crippen molar-refractivity contribution in [1.29, 1.82) is 0 Å². The monoisotopic (exact) mass is 484 g/mol. The van der Waals surface area contributed by atoms with Gasteiger partial charge in [-0.05, 0) is 96.7 Å². The molecule has 0 aromatic heterocycles. The van der Waals surface area contributed by atoms with Crippen LogP contribution in [0.5, 0.6) is 0 Å². The molecular weight excluding hydrogens is 432 g/mol. The molecule has 0 saturated heterocycles. The number of aliphatic hydroxyl groups is 2. The minimum Gasteiger partial charge on any atom is -0.396 e. The van der Waals surface area contributed by atoms with Crippen LogP contribution in [0.1, 0.15) is 99.8 Å². The van der Waals surface area contributed by atoms with Gasteiger partial charge in [-0.15, -0.1) is 6.42 Å². The summed E-state index contributed by atoms with van der Waals surface area (Å²) in [6.07, 6.45) is 16.9. The van der Waals surface area contributed by atoms with Crippen molar-refractivity contribution in [1.82, 2.24) is 0 Å². The van der Waals surface area contributed by atoms with Crippen molar-refractivity contribution in [2.24, 2.45) is 51.2 Å². The van der Waals surface area contributed by atoms with E-state index in [9.17, 15) is 10.2 Å². The van der Waals surface area contributed by atoms with Crippen molar-refractivity contribution in [2.75, 3.05) is 13.2 Å². The Hall–Kier alpha value is -0.820. The largest absolute Gasteiger partial charge is 0.396 e. The molecule has 3 fully saturated rings. The normalized spacial score (nSPS) is 46.6. The number of fused-ring (bicyclic) bond motifs is 3. The van der Waals surface area contributed by atoms with Gasteiger partial charge in [-0.2, -0.15) is 0 Å². The highest BCUT2D eigenvalue weighted by Crippen LogP contribution is 2.68. The van der Waals surface area contributed by atoms with Gasteiger partial charge < -0.3 is 14.9 Å². The van der Waals surface area contributed by atoms with E-state index >= 15 is 0 Å². The molecule has 3 saturated carbocycles. The zero-order valence-corrected chi connectivity index (χ0v) is 23.6. The van der Waals surface area contributed by atoms with Crippen LogP contribution >= 0.6 is 0 Å². The summed E-state index contributed by atoms with van der Waals surface area (Å²) in [4.78, 5) is 0. The summed E-state index contributed by atoms with van der Waals surface area (Å²) in [5.74, 6) is 4.85. The third-order valence-electron chi connectivity index (χ3n) is 11.8. The van der Waals surface area contributed by atoms with Gasteiger partial charge in [0.05, 0.1) is 12.2 Å². The van der Waals surface area contributed by atoms with Gasteiger partial charge >= 0.3 is 0 Å². The van der Waals surface area contributed by atoms with Crippen molar-refractivity contribution < 1.29 is 14.9 Å². The number of rotatable bonds is 5. The second-order valence-electron chi connectivity index (χ2n) is 14.5. The first-order valence-corrected chi connectivity index (χ1v) is 14.4.